The van der Waals surface area contributed by atoms with Gasteiger partial charge in [0.2, 0.25) is 0 Å². The van der Waals surface area contributed by atoms with E-state index in [4.69, 9.17) is 20.3 Å². The smallest absolute Gasteiger partial charge is 0.358 e. The maximum absolute atomic E-state index is 11.6. The van der Waals surface area contributed by atoms with Crippen molar-refractivity contribution in [3.05, 3.63) is 12.0 Å². The maximum atomic E-state index is 11.6. The number of aliphatic hydroxyl groups excluding tert-OH is 1. The van der Waals surface area contributed by atoms with Crippen LogP contribution in [0.2, 0.25) is 0 Å². The number of nitrogens with zero attached hydrogens (tertiary/aromatic N) is 2. The van der Waals surface area contributed by atoms with Gasteiger partial charge in [-0.2, -0.15) is 0 Å². The Kier molecular flexibility index (Phi) is 4.33. The van der Waals surface area contributed by atoms with Crippen LogP contribution in [0.5, 0.6) is 0 Å². The molecule has 1 aliphatic heterocycles. The van der Waals surface area contributed by atoms with Crippen molar-refractivity contribution in [2.75, 3.05) is 11.4 Å². The van der Waals surface area contributed by atoms with E-state index in [0.29, 0.717) is 5.82 Å². The second kappa shape index (κ2) is 5.72. The number of nitrogens with one attached hydrogen (secondary N) is 2. The average Bonchev–Trinajstić information content (AvgIpc) is 2.82. The van der Waals surface area contributed by atoms with Gasteiger partial charge in [0.05, 0.1) is 12.4 Å². The van der Waals surface area contributed by atoms with Gasteiger partial charge < -0.3 is 34.8 Å². The highest BCUT2D eigenvalue weighted by atomic mass is 31.2. The molecule has 1 aromatic heterocycles. The average molecular weight is 321 g/mol. The predicted molar refractivity (Wildman–Crippen MR) is 70.0 cm³/mol. The molecule has 21 heavy (non-hydrogen) atoms. The van der Waals surface area contributed by atoms with Gasteiger partial charge in [0, 0.05) is 6.54 Å². The lowest BCUT2D eigenvalue weighted by Gasteiger charge is -2.35. The lowest BCUT2D eigenvalue weighted by atomic mass is 10.2. The summed E-state index contributed by atoms with van der Waals surface area (Å²) < 4.78 is 15.7. The Hall–Kier alpha value is -1.49. The summed E-state index contributed by atoms with van der Waals surface area (Å²) in [5, 5.41) is 11.7. The second-order valence-corrected chi connectivity index (χ2v) is 6.15. The number of carbonyl (C=O) groups excluding carboxylic acids is 1. The van der Waals surface area contributed by atoms with E-state index in [1.54, 1.807) is 0 Å². The summed E-state index contributed by atoms with van der Waals surface area (Å²) in [5.74, 6) is -0.109. The molecular formula is C9H16N5O6P. The third-order valence-electron chi connectivity index (χ3n) is 2.83. The molecule has 3 unspecified atom stereocenters. The number of imidazole rings is 1. The molecule has 1 aliphatic rings. The molecule has 12 heteroatoms. The van der Waals surface area contributed by atoms with Gasteiger partial charge in [-0.05, 0) is 6.92 Å². The predicted octanol–water partition coefficient (Wildman–Crippen LogP) is -1.94. The molecule has 0 saturated heterocycles. The zero-order chi connectivity index (χ0) is 15.8. The fourth-order valence-electron chi connectivity index (χ4n) is 1.90. The summed E-state index contributed by atoms with van der Waals surface area (Å²) in [6, 6.07) is -2.22. The molecule has 2 heterocycles. The highest BCUT2D eigenvalue weighted by Gasteiger charge is 2.34. The van der Waals surface area contributed by atoms with Gasteiger partial charge in [-0.1, -0.05) is 0 Å². The van der Waals surface area contributed by atoms with E-state index in [0.717, 1.165) is 0 Å². The number of aromatic nitrogens is 2. The number of hydrogen-bond acceptors (Lipinski definition) is 7. The number of amides is 1. The molecule has 1 amide bonds. The van der Waals surface area contributed by atoms with E-state index in [-0.39, 0.29) is 12.2 Å². The first-order valence-electron chi connectivity index (χ1n) is 5.95. The molecular weight excluding hydrogens is 305 g/mol. The van der Waals surface area contributed by atoms with E-state index in [1.165, 1.54) is 18.2 Å². The molecule has 0 radical (unpaired) electrons. The number of aliphatic hydroxyl groups is 1. The van der Waals surface area contributed by atoms with Crippen LogP contribution in [-0.4, -0.2) is 55.7 Å². The van der Waals surface area contributed by atoms with Gasteiger partial charge in [0.25, 0.3) is 11.9 Å². The number of hydrogen-bond donors (Lipinski definition) is 6. The molecule has 7 N–H and O–H groups in total. The molecule has 0 aromatic carbocycles. The topological polar surface area (TPSA) is 174 Å². The Morgan fingerprint density at radius 3 is 2.90 bits per heavy atom. The van der Waals surface area contributed by atoms with Crippen LogP contribution in [0.4, 0.5) is 5.82 Å². The van der Waals surface area contributed by atoms with E-state index < -0.39 is 31.9 Å². The molecule has 3 atom stereocenters. The molecule has 2 rings (SSSR count). The minimum atomic E-state index is -4.75. The molecule has 118 valence electrons. The maximum Gasteiger partial charge on any atom is 0.381 e. The van der Waals surface area contributed by atoms with Crippen LogP contribution in [0, 0.1) is 0 Å². The van der Waals surface area contributed by atoms with Crippen LogP contribution in [0.3, 0.4) is 0 Å². The highest BCUT2D eigenvalue weighted by Crippen LogP contribution is 2.40. The SMILES string of the molecule is CC(CN1c2nc[nH]c2C(=O)NC1N)OC(O)P(=O)(O)O. The Bertz CT molecular complexity index is 573. The van der Waals surface area contributed by atoms with Gasteiger partial charge in [-0.25, -0.2) is 4.98 Å². The fraction of sp³-hybridized carbons (Fsp3) is 0.556. The van der Waals surface area contributed by atoms with E-state index in [2.05, 4.69) is 15.3 Å². The molecule has 0 bridgehead atoms. The normalized spacial score (nSPS) is 21.7. The standard InChI is InChI=1S/C9H16N5O6P/c1-4(20-9(16)21(17,18)19)2-14-6-5(11-3-12-6)7(15)13-8(14)10/h3-4,8-9,16H,2,10H2,1H3,(H,11,12)(H,13,15)(H2,17,18,19). The Morgan fingerprint density at radius 2 is 2.29 bits per heavy atom. The number of nitrogens with two attached hydrogens (primary N) is 1. The number of fused-ring (bicyclic) bond motifs is 1. The Balaban J connectivity index is 2.08. The van der Waals surface area contributed by atoms with Gasteiger partial charge in [-0.15, -0.1) is 0 Å². The lowest BCUT2D eigenvalue weighted by molar-refractivity contribution is -0.0868. The third kappa shape index (κ3) is 3.40. The fourth-order valence-corrected chi connectivity index (χ4v) is 2.26. The largest absolute Gasteiger partial charge is 0.381 e. The minimum absolute atomic E-state index is 0.0519. The van der Waals surface area contributed by atoms with Crippen LogP contribution in [0.25, 0.3) is 0 Å². The van der Waals surface area contributed by atoms with Crippen molar-refractivity contribution in [1.29, 1.82) is 0 Å². The molecule has 11 nitrogen and oxygen atoms in total. The van der Waals surface area contributed by atoms with Crippen LogP contribution in [-0.2, 0) is 9.30 Å². The highest BCUT2D eigenvalue weighted by molar-refractivity contribution is 7.52. The minimum Gasteiger partial charge on any atom is -0.358 e. The Labute approximate surface area is 119 Å². The van der Waals surface area contributed by atoms with E-state index in [9.17, 15) is 14.5 Å². The van der Waals surface area contributed by atoms with Gasteiger partial charge in [0.1, 0.15) is 5.69 Å². The number of ether oxygens (including phenoxy) is 1. The van der Waals surface area contributed by atoms with Crippen LogP contribution >= 0.6 is 7.60 Å². The van der Waals surface area contributed by atoms with Gasteiger partial charge >= 0.3 is 7.60 Å². The zero-order valence-corrected chi connectivity index (χ0v) is 11.9. The van der Waals surface area contributed by atoms with Crippen molar-refractivity contribution in [3.63, 3.8) is 0 Å². The van der Waals surface area contributed by atoms with E-state index in [1.807, 2.05) is 0 Å². The summed E-state index contributed by atoms with van der Waals surface area (Å²) in [5.41, 5.74) is 6.00. The molecule has 0 aliphatic carbocycles. The number of carbonyl (C=O) groups is 1. The van der Waals surface area contributed by atoms with Crippen LogP contribution < -0.4 is 16.0 Å². The molecule has 0 fully saturated rings. The summed E-state index contributed by atoms with van der Waals surface area (Å²) in [6.07, 6.45) is -0.324. The first-order valence-corrected chi connectivity index (χ1v) is 7.63. The monoisotopic (exact) mass is 321 g/mol. The first kappa shape index (κ1) is 15.9. The molecule has 0 saturated carbocycles. The summed E-state index contributed by atoms with van der Waals surface area (Å²) in [6.45, 7) is 1.55. The van der Waals surface area contributed by atoms with Crippen LogP contribution in [0.1, 0.15) is 17.4 Å². The summed E-state index contributed by atoms with van der Waals surface area (Å²) in [4.78, 5) is 37.3. The van der Waals surface area contributed by atoms with Crippen molar-refractivity contribution in [3.8, 4) is 0 Å². The zero-order valence-electron chi connectivity index (χ0n) is 11.0. The summed E-state index contributed by atoms with van der Waals surface area (Å²) in [7, 11) is -4.75. The molecule has 0 spiro atoms. The summed E-state index contributed by atoms with van der Waals surface area (Å²) >= 11 is 0. The lowest BCUT2D eigenvalue weighted by Crippen LogP contribution is -2.59. The number of aromatic amines is 1. The van der Waals surface area contributed by atoms with Gasteiger partial charge in [-0.3, -0.25) is 15.1 Å². The first-order chi connectivity index (χ1) is 9.70. The quantitative estimate of drug-likeness (QED) is 0.266. The van der Waals surface area contributed by atoms with E-state index >= 15 is 0 Å². The van der Waals surface area contributed by atoms with Crippen LogP contribution in [0.15, 0.2) is 6.33 Å². The number of H-pyrrole nitrogens is 1. The third-order valence-corrected chi connectivity index (χ3v) is 3.53. The molecule has 1 aromatic rings. The second-order valence-electron chi connectivity index (χ2n) is 4.53. The Morgan fingerprint density at radius 1 is 1.62 bits per heavy atom. The van der Waals surface area contributed by atoms with Crippen molar-refractivity contribution in [1.82, 2.24) is 15.3 Å². The van der Waals surface area contributed by atoms with Crippen molar-refractivity contribution >= 4 is 19.3 Å². The van der Waals surface area contributed by atoms with Crippen molar-refractivity contribution in [2.45, 2.75) is 25.3 Å². The van der Waals surface area contributed by atoms with Crippen molar-refractivity contribution < 1.29 is 29.0 Å². The van der Waals surface area contributed by atoms with Gasteiger partial charge in [0.15, 0.2) is 12.1 Å². The number of anilines is 1. The van der Waals surface area contributed by atoms with Crippen molar-refractivity contribution in [2.24, 2.45) is 5.73 Å². The number of rotatable bonds is 5.